The number of likely N-dealkylation sites (N-methyl/N-ethyl adjacent to an activating group) is 2. The topological polar surface area (TPSA) is 24.9 Å². The zero-order valence-corrected chi connectivity index (χ0v) is 15.1. The van der Waals surface area contributed by atoms with Gasteiger partial charge in [0.15, 0.2) is 11.5 Å². The molecule has 4 heteroatoms. The molecule has 0 saturated heterocycles. The van der Waals surface area contributed by atoms with Crippen molar-refractivity contribution in [3.8, 4) is 11.5 Å². The molecule has 1 atom stereocenters. The van der Waals surface area contributed by atoms with Gasteiger partial charge in [-0.05, 0) is 49.3 Å². The second-order valence-corrected chi connectivity index (χ2v) is 7.22. The largest absolute Gasteiger partial charge is 0.486 e. The van der Waals surface area contributed by atoms with Crippen LogP contribution in [0.25, 0.3) is 0 Å². The van der Waals surface area contributed by atoms with Crippen LogP contribution in [0.1, 0.15) is 16.7 Å². The fraction of sp³-hybridized carbons (Fsp3) is 0.429. The summed E-state index contributed by atoms with van der Waals surface area (Å²) < 4.78 is 11.3. The molecule has 2 aromatic rings. The van der Waals surface area contributed by atoms with Crippen LogP contribution >= 0.6 is 0 Å². The third-order valence-electron chi connectivity index (χ3n) is 5.20. The van der Waals surface area contributed by atoms with Crippen molar-refractivity contribution in [2.45, 2.75) is 25.6 Å². The molecule has 4 rings (SSSR count). The van der Waals surface area contributed by atoms with Crippen molar-refractivity contribution in [2.75, 3.05) is 33.9 Å². The summed E-state index contributed by atoms with van der Waals surface area (Å²) in [5, 5.41) is 0. The summed E-state index contributed by atoms with van der Waals surface area (Å²) in [7, 11) is 4.43. The first-order valence-electron chi connectivity index (χ1n) is 9.03. The monoisotopic (exact) mass is 338 g/mol. The maximum atomic E-state index is 5.70. The summed E-state index contributed by atoms with van der Waals surface area (Å²) in [5.41, 5.74) is 4.24. The Balaban J connectivity index is 1.40. The van der Waals surface area contributed by atoms with Gasteiger partial charge in [-0.1, -0.05) is 30.3 Å². The molecule has 0 radical (unpaired) electrons. The van der Waals surface area contributed by atoms with Crippen molar-refractivity contribution in [1.82, 2.24) is 9.80 Å². The van der Waals surface area contributed by atoms with Crippen molar-refractivity contribution >= 4 is 0 Å². The van der Waals surface area contributed by atoms with Gasteiger partial charge in [0.25, 0.3) is 0 Å². The minimum atomic E-state index is 0.553. The van der Waals surface area contributed by atoms with Crippen LogP contribution in [-0.4, -0.2) is 49.7 Å². The first-order chi connectivity index (χ1) is 12.2. The highest BCUT2D eigenvalue weighted by atomic mass is 16.6. The normalized spacial score (nSPS) is 19.7. The van der Waals surface area contributed by atoms with Crippen molar-refractivity contribution in [3.63, 3.8) is 0 Å². The van der Waals surface area contributed by atoms with Gasteiger partial charge in [0.05, 0.1) is 0 Å². The number of ether oxygens (including phenoxy) is 2. The summed E-state index contributed by atoms with van der Waals surface area (Å²) in [4.78, 5) is 4.88. The zero-order valence-electron chi connectivity index (χ0n) is 15.1. The van der Waals surface area contributed by atoms with E-state index in [1.54, 1.807) is 0 Å². The summed E-state index contributed by atoms with van der Waals surface area (Å²) in [6.07, 6.45) is 1.12. The van der Waals surface area contributed by atoms with E-state index in [4.69, 9.17) is 9.47 Å². The van der Waals surface area contributed by atoms with Gasteiger partial charge in [-0.2, -0.15) is 0 Å². The average molecular weight is 338 g/mol. The lowest BCUT2D eigenvalue weighted by atomic mass is 9.94. The van der Waals surface area contributed by atoms with Crippen LogP contribution in [0, 0.1) is 0 Å². The Morgan fingerprint density at radius 2 is 1.80 bits per heavy atom. The molecule has 2 aliphatic rings. The SMILES string of the molecule is CN(Cc1ccc2c(c1)OCCO2)C[C@H]1Cc2ccccc2CN1C. The molecule has 0 fully saturated rings. The van der Waals surface area contributed by atoms with Crippen molar-refractivity contribution < 1.29 is 9.47 Å². The third kappa shape index (κ3) is 3.65. The van der Waals surface area contributed by atoms with Crippen molar-refractivity contribution in [2.24, 2.45) is 0 Å². The van der Waals surface area contributed by atoms with Gasteiger partial charge in [-0.3, -0.25) is 4.90 Å². The molecule has 25 heavy (non-hydrogen) atoms. The summed E-state index contributed by atoms with van der Waals surface area (Å²) in [6, 6.07) is 15.7. The van der Waals surface area contributed by atoms with E-state index >= 15 is 0 Å². The zero-order chi connectivity index (χ0) is 17.2. The Hall–Kier alpha value is -2.04. The van der Waals surface area contributed by atoms with E-state index in [1.807, 2.05) is 6.07 Å². The molecule has 4 nitrogen and oxygen atoms in total. The summed E-state index contributed by atoms with van der Waals surface area (Å²) >= 11 is 0. The van der Waals surface area contributed by atoms with Gasteiger partial charge in [0.1, 0.15) is 13.2 Å². The predicted molar refractivity (Wildman–Crippen MR) is 99.2 cm³/mol. The van der Waals surface area contributed by atoms with Gasteiger partial charge < -0.3 is 14.4 Å². The standard InChI is InChI=1S/C21H26N2O2/c1-22(13-16-7-8-20-21(11-16)25-10-9-24-20)15-19-12-17-5-3-4-6-18(17)14-23(19)2/h3-8,11,19H,9-10,12-15H2,1-2H3/t19-/m1/s1. The Morgan fingerprint density at radius 3 is 2.64 bits per heavy atom. The van der Waals surface area contributed by atoms with Crippen LogP contribution in [0.5, 0.6) is 11.5 Å². The lowest BCUT2D eigenvalue weighted by Crippen LogP contribution is -2.44. The van der Waals surface area contributed by atoms with Crippen molar-refractivity contribution in [1.29, 1.82) is 0 Å². The van der Waals surface area contributed by atoms with E-state index in [1.165, 1.54) is 16.7 Å². The smallest absolute Gasteiger partial charge is 0.161 e. The van der Waals surface area contributed by atoms with Crippen LogP contribution in [0.3, 0.4) is 0 Å². The molecule has 0 bridgehead atoms. The molecule has 0 saturated carbocycles. The predicted octanol–water partition coefficient (Wildman–Crippen LogP) is 2.95. The number of hydrogen-bond donors (Lipinski definition) is 0. The van der Waals surface area contributed by atoms with Crippen LogP contribution in [0.4, 0.5) is 0 Å². The number of hydrogen-bond acceptors (Lipinski definition) is 4. The van der Waals surface area contributed by atoms with E-state index in [9.17, 15) is 0 Å². The molecule has 0 aliphatic carbocycles. The molecule has 2 aliphatic heterocycles. The maximum absolute atomic E-state index is 5.70. The van der Waals surface area contributed by atoms with E-state index in [2.05, 4.69) is 60.3 Å². The molecular formula is C21H26N2O2. The summed E-state index contributed by atoms with van der Waals surface area (Å²) in [5.74, 6) is 1.74. The molecular weight excluding hydrogens is 312 g/mol. The van der Waals surface area contributed by atoms with Gasteiger partial charge in [-0.15, -0.1) is 0 Å². The van der Waals surface area contributed by atoms with Gasteiger partial charge in [0.2, 0.25) is 0 Å². The molecule has 132 valence electrons. The molecule has 2 heterocycles. The Kier molecular flexibility index (Phi) is 4.64. The van der Waals surface area contributed by atoms with E-state index in [0.717, 1.165) is 37.6 Å². The molecule has 0 N–H and O–H groups in total. The molecule has 0 unspecified atom stereocenters. The fourth-order valence-corrected chi connectivity index (χ4v) is 3.84. The maximum Gasteiger partial charge on any atom is 0.161 e. The Morgan fingerprint density at radius 1 is 1.04 bits per heavy atom. The highest BCUT2D eigenvalue weighted by Crippen LogP contribution is 2.31. The number of nitrogens with zero attached hydrogens (tertiary/aromatic N) is 2. The first kappa shape index (κ1) is 16.4. The highest BCUT2D eigenvalue weighted by molar-refractivity contribution is 5.43. The van der Waals surface area contributed by atoms with Crippen LogP contribution < -0.4 is 9.47 Å². The number of rotatable bonds is 4. The Bertz CT molecular complexity index is 746. The van der Waals surface area contributed by atoms with Crippen LogP contribution in [0.15, 0.2) is 42.5 Å². The lowest BCUT2D eigenvalue weighted by molar-refractivity contribution is 0.157. The van der Waals surface area contributed by atoms with E-state index in [0.29, 0.717) is 19.3 Å². The molecule has 0 spiro atoms. The second kappa shape index (κ2) is 7.06. The first-order valence-corrected chi connectivity index (χ1v) is 9.03. The van der Waals surface area contributed by atoms with Crippen molar-refractivity contribution in [3.05, 3.63) is 59.2 Å². The quantitative estimate of drug-likeness (QED) is 0.856. The lowest BCUT2D eigenvalue weighted by Gasteiger charge is -2.36. The molecule has 2 aromatic carbocycles. The van der Waals surface area contributed by atoms with E-state index < -0.39 is 0 Å². The van der Waals surface area contributed by atoms with Gasteiger partial charge in [0, 0.05) is 25.7 Å². The Labute approximate surface area is 150 Å². The second-order valence-electron chi connectivity index (χ2n) is 7.22. The van der Waals surface area contributed by atoms with Crippen LogP contribution in [0.2, 0.25) is 0 Å². The number of fused-ring (bicyclic) bond motifs is 2. The average Bonchev–Trinajstić information content (AvgIpc) is 2.62. The van der Waals surface area contributed by atoms with Gasteiger partial charge >= 0.3 is 0 Å². The number of benzene rings is 2. The third-order valence-corrected chi connectivity index (χ3v) is 5.20. The minimum Gasteiger partial charge on any atom is -0.486 e. The fourth-order valence-electron chi connectivity index (χ4n) is 3.84. The highest BCUT2D eigenvalue weighted by Gasteiger charge is 2.24. The van der Waals surface area contributed by atoms with Gasteiger partial charge in [-0.25, -0.2) is 0 Å². The summed E-state index contributed by atoms with van der Waals surface area (Å²) in [6.45, 7) is 4.29. The van der Waals surface area contributed by atoms with Crippen LogP contribution in [-0.2, 0) is 19.5 Å². The van der Waals surface area contributed by atoms with E-state index in [-0.39, 0.29) is 0 Å². The minimum absolute atomic E-state index is 0.553. The molecule has 0 aromatic heterocycles. The molecule has 0 amide bonds.